The van der Waals surface area contributed by atoms with Gasteiger partial charge in [-0.25, -0.2) is 0 Å². The highest BCUT2D eigenvalue weighted by molar-refractivity contribution is 7.71. The molecule has 2 fully saturated rings. The Morgan fingerprint density at radius 2 is 1.76 bits per heavy atom. The van der Waals surface area contributed by atoms with Crippen molar-refractivity contribution in [3.63, 3.8) is 0 Å². The van der Waals surface area contributed by atoms with Crippen LogP contribution in [0.5, 0.6) is 5.75 Å². The summed E-state index contributed by atoms with van der Waals surface area (Å²) in [7, 11) is -0.585. The maximum Gasteiger partial charge on any atom is 0.122 e. The van der Waals surface area contributed by atoms with Crippen LogP contribution in [0.15, 0.2) is 18.2 Å². The lowest BCUT2D eigenvalue weighted by molar-refractivity contribution is 0.0974. The number of likely N-dealkylation sites (tertiary alicyclic amines) is 1. The highest BCUT2D eigenvalue weighted by Crippen LogP contribution is 2.47. The summed E-state index contributed by atoms with van der Waals surface area (Å²) < 4.78 is 18.9. The van der Waals surface area contributed by atoms with Crippen molar-refractivity contribution in [1.29, 1.82) is 0 Å². The minimum absolute atomic E-state index is 0.652. The molecule has 0 saturated carbocycles. The van der Waals surface area contributed by atoms with E-state index in [1.165, 1.54) is 25.9 Å². The summed E-state index contributed by atoms with van der Waals surface area (Å²) in [6.45, 7) is 10.9. The van der Waals surface area contributed by atoms with Crippen molar-refractivity contribution >= 4 is 12.4 Å². The third-order valence-corrected chi connectivity index (χ3v) is 9.17. The average molecular weight is 364 g/mol. The molecule has 0 aromatic heterocycles. The molecule has 0 radical (unpaired) electrons. The molecule has 0 unspecified atom stereocenters. The Labute approximate surface area is 152 Å². The fourth-order valence-corrected chi connectivity index (χ4v) is 6.86. The van der Waals surface area contributed by atoms with E-state index in [2.05, 4.69) is 29.7 Å². The van der Waals surface area contributed by atoms with Crippen molar-refractivity contribution in [1.82, 2.24) is 9.80 Å². The lowest BCUT2D eigenvalue weighted by Gasteiger charge is -2.42. The second-order valence-electron chi connectivity index (χ2n) is 7.89. The van der Waals surface area contributed by atoms with Gasteiger partial charge in [-0.15, -0.1) is 0 Å². The molecule has 0 spiro atoms. The summed E-state index contributed by atoms with van der Waals surface area (Å²) >= 11 is 0. The van der Waals surface area contributed by atoms with Crippen LogP contribution in [0.3, 0.4) is 0 Å². The van der Waals surface area contributed by atoms with E-state index in [0.29, 0.717) is 12.1 Å². The van der Waals surface area contributed by atoms with Crippen molar-refractivity contribution < 1.29 is 9.30 Å². The Bertz CT molecular complexity index is 627. The summed E-state index contributed by atoms with van der Waals surface area (Å²) in [6.07, 6.45) is 4.12. The van der Waals surface area contributed by atoms with Crippen LogP contribution in [0.2, 0.25) is 0 Å². The molecule has 2 aliphatic heterocycles. The SMILES string of the molecule is COc1cc(P2(=O)CCN(C3CCN(C(C)C)CC3)CC2)ccc1C. The molecule has 1 aromatic carbocycles. The van der Waals surface area contributed by atoms with Gasteiger partial charge in [0, 0.05) is 42.8 Å². The van der Waals surface area contributed by atoms with Gasteiger partial charge >= 0.3 is 0 Å². The lowest BCUT2D eigenvalue weighted by Crippen LogP contribution is -2.50. The van der Waals surface area contributed by atoms with E-state index in [0.717, 1.165) is 42.0 Å². The van der Waals surface area contributed by atoms with Gasteiger partial charge in [0.15, 0.2) is 0 Å². The second kappa shape index (κ2) is 7.82. The summed E-state index contributed by atoms with van der Waals surface area (Å²) in [6, 6.07) is 7.43. The van der Waals surface area contributed by atoms with Crippen LogP contribution in [-0.2, 0) is 4.57 Å². The summed E-state index contributed by atoms with van der Waals surface area (Å²) in [5, 5.41) is 1.00. The lowest BCUT2D eigenvalue weighted by atomic mass is 10.0. The largest absolute Gasteiger partial charge is 0.496 e. The summed E-state index contributed by atoms with van der Waals surface area (Å²) in [4.78, 5) is 5.17. The zero-order valence-corrected chi connectivity index (χ0v) is 17.1. The Balaban J connectivity index is 1.61. The van der Waals surface area contributed by atoms with Gasteiger partial charge in [0.1, 0.15) is 12.9 Å². The fraction of sp³-hybridized carbons (Fsp3) is 0.700. The molecule has 3 rings (SSSR count). The van der Waals surface area contributed by atoms with Crippen molar-refractivity contribution in [2.45, 2.75) is 45.7 Å². The van der Waals surface area contributed by atoms with Crippen LogP contribution in [0.1, 0.15) is 32.3 Å². The number of ether oxygens (including phenoxy) is 1. The maximum atomic E-state index is 13.5. The van der Waals surface area contributed by atoms with E-state index in [1.54, 1.807) is 7.11 Å². The van der Waals surface area contributed by atoms with Gasteiger partial charge in [0.05, 0.1) is 7.11 Å². The quantitative estimate of drug-likeness (QED) is 0.769. The van der Waals surface area contributed by atoms with Crippen LogP contribution >= 0.6 is 7.14 Å². The van der Waals surface area contributed by atoms with Gasteiger partial charge in [-0.05, 0) is 58.3 Å². The third kappa shape index (κ3) is 4.13. The Morgan fingerprint density at radius 3 is 2.32 bits per heavy atom. The van der Waals surface area contributed by atoms with Crippen molar-refractivity contribution in [2.24, 2.45) is 0 Å². The smallest absolute Gasteiger partial charge is 0.122 e. The third-order valence-electron chi connectivity index (χ3n) is 6.10. The first-order chi connectivity index (χ1) is 11.9. The fourth-order valence-electron chi connectivity index (χ4n) is 4.26. The number of nitrogens with zero attached hydrogens (tertiary/aromatic N) is 2. The van der Waals surface area contributed by atoms with Crippen molar-refractivity contribution in [2.75, 3.05) is 45.6 Å². The molecule has 0 aliphatic carbocycles. The first kappa shape index (κ1) is 18.9. The normalized spacial score (nSPS) is 23.1. The van der Waals surface area contributed by atoms with E-state index >= 15 is 0 Å². The van der Waals surface area contributed by atoms with Gasteiger partial charge in [0.25, 0.3) is 0 Å². The molecular formula is C20H33N2O2P. The zero-order valence-electron chi connectivity index (χ0n) is 16.2. The Hall–Kier alpha value is -0.830. The minimum Gasteiger partial charge on any atom is -0.496 e. The van der Waals surface area contributed by atoms with E-state index in [4.69, 9.17) is 4.74 Å². The van der Waals surface area contributed by atoms with Gasteiger partial charge in [-0.3, -0.25) is 4.90 Å². The molecule has 0 N–H and O–H groups in total. The highest BCUT2D eigenvalue weighted by Gasteiger charge is 2.34. The second-order valence-corrected chi connectivity index (χ2v) is 11.1. The molecule has 4 nitrogen and oxygen atoms in total. The Kier molecular flexibility index (Phi) is 5.92. The van der Waals surface area contributed by atoms with Crippen molar-refractivity contribution in [3.05, 3.63) is 23.8 Å². The summed E-state index contributed by atoms with van der Waals surface area (Å²) in [5.41, 5.74) is 1.10. The number of benzene rings is 1. The van der Waals surface area contributed by atoms with E-state index in [-0.39, 0.29) is 0 Å². The molecule has 0 atom stereocenters. The number of aryl methyl sites for hydroxylation is 1. The van der Waals surface area contributed by atoms with Gasteiger partial charge in [-0.1, -0.05) is 12.1 Å². The molecule has 2 aliphatic rings. The number of rotatable bonds is 4. The number of piperidine rings is 1. The first-order valence-corrected chi connectivity index (χ1v) is 11.7. The number of hydrogen-bond acceptors (Lipinski definition) is 4. The molecule has 5 heteroatoms. The standard InChI is InChI=1S/C20H33N2O2P/c1-16(2)21-9-7-18(8-10-21)22-11-13-25(23,14-12-22)19-6-5-17(3)20(15-19)24-4/h5-6,15-16,18H,7-14H2,1-4H3. The van der Waals surface area contributed by atoms with Crippen LogP contribution in [0, 0.1) is 6.92 Å². The highest BCUT2D eigenvalue weighted by atomic mass is 31.2. The first-order valence-electron chi connectivity index (χ1n) is 9.64. The molecule has 25 heavy (non-hydrogen) atoms. The number of hydrogen-bond donors (Lipinski definition) is 0. The van der Waals surface area contributed by atoms with Gasteiger partial charge < -0.3 is 14.2 Å². The summed E-state index contributed by atoms with van der Waals surface area (Å²) in [5.74, 6) is 0.858. The molecular weight excluding hydrogens is 331 g/mol. The van der Waals surface area contributed by atoms with E-state index in [1.807, 2.05) is 19.1 Å². The van der Waals surface area contributed by atoms with E-state index in [9.17, 15) is 4.57 Å². The molecule has 2 heterocycles. The monoisotopic (exact) mass is 364 g/mol. The van der Waals surface area contributed by atoms with Gasteiger partial charge in [-0.2, -0.15) is 0 Å². The van der Waals surface area contributed by atoms with Crippen LogP contribution in [0.4, 0.5) is 0 Å². The topological polar surface area (TPSA) is 32.8 Å². The van der Waals surface area contributed by atoms with E-state index < -0.39 is 7.14 Å². The van der Waals surface area contributed by atoms with Crippen molar-refractivity contribution in [3.8, 4) is 5.75 Å². The maximum absolute atomic E-state index is 13.5. The Morgan fingerprint density at radius 1 is 1.12 bits per heavy atom. The molecule has 2 saturated heterocycles. The zero-order chi connectivity index (χ0) is 18.0. The van der Waals surface area contributed by atoms with Crippen LogP contribution in [0.25, 0.3) is 0 Å². The predicted octanol–water partition coefficient (Wildman–Crippen LogP) is 3.18. The van der Waals surface area contributed by atoms with Crippen LogP contribution in [-0.4, -0.2) is 67.5 Å². The van der Waals surface area contributed by atoms with Gasteiger partial charge in [0.2, 0.25) is 0 Å². The molecule has 0 amide bonds. The molecule has 1 aromatic rings. The number of methoxy groups -OCH3 is 1. The predicted molar refractivity (Wildman–Crippen MR) is 106 cm³/mol. The molecule has 140 valence electrons. The average Bonchev–Trinajstić information content (AvgIpc) is 2.62. The minimum atomic E-state index is -2.27. The molecule has 0 bridgehead atoms. The van der Waals surface area contributed by atoms with Crippen LogP contribution < -0.4 is 10.0 Å².